The summed E-state index contributed by atoms with van der Waals surface area (Å²) in [6.45, 7) is 6.55. The van der Waals surface area contributed by atoms with E-state index in [0.29, 0.717) is 19.4 Å². The van der Waals surface area contributed by atoms with Gasteiger partial charge in [0, 0.05) is 13.0 Å². The maximum absolute atomic E-state index is 11.8. The number of rotatable bonds is 7. The van der Waals surface area contributed by atoms with Gasteiger partial charge in [0.2, 0.25) is 5.91 Å². The molecular weight excluding hydrogens is 254 g/mol. The Hall–Kier alpha value is -1.84. The Morgan fingerprint density at radius 1 is 1.25 bits per heavy atom. The number of hydrogen-bond acceptors (Lipinski definition) is 2. The van der Waals surface area contributed by atoms with Gasteiger partial charge in [-0.1, -0.05) is 25.1 Å². The van der Waals surface area contributed by atoms with Gasteiger partial charge in [-0.25, -0.2) is 0 Å². The van der Waals surface area contributed by atoms with Crippen molar-refractivity contribution in [2.24, 2.45) is 5.92 Å². The molecule has 1 amide bonds. The van der Waals surface area contributed by atoms with Crippen molar-refractivity contribution in [1.29, 1.82) is 0 Å². The molecule has 1 rings (SSSR count). The van der Waals surface area contributed by atoms with Crippen LogP contribution in [0.2, 0.25) is 0 Å². The average Bonchev–Trinajstić information content (AvgIpc) is 2.38. The summed E-state index contributed by atoms with van der Waals surface area (Å²) in [5.41, 5.74) is 3.41. The second-order valence-electron chi connectivity index (χ2n) is 5.44. The Labute approximate surface area is 120 Å². The molecule has 4 nitrogen and oxygen atoms in total. The van der Waals surface area contributed by atoms with Crippen molar-refractivity contribution in [1.82, 2.24) is 5.32 Å². The average molecular weight is 277 g/mol. The summed E-state index contributed by atoms with van der Waals surface area (Å²) in [6.07, 6.45) is 1.10. The van der Waals surface area contributed by atoms with Crippen LogP contribution in [0.15, 0.2) is 18.2 Å². The standard InChI is InChI=1S/C16H23NO3/c1-11(4-7-16(19)20)10-17-15(18)9-14-6-5-12(2)13(3)8-14/h5-6,8,11H,4,7,9-10H2,1-3H3,(H,17,18)(H,19,20). The predicted molar refractivity (Wildman–Crippen MR) is 78.7 cm³/mol. The Morgan fingerprint density at radius 2 is 1.95 bits per heavy atom. The Balaban J connectivity index is 2.36. The van der Waals surface area contributed by atoms with Crippen molar-refractivity contribution in [3.63, 3.8) is 0 Å². The maximum atomic E-state index is 11.8. The van der Waals surface area contributed by atoms with E-state index in [9.17, 15) is 9.59 Å². The smallest absolute Gasteiger partial charge is 0.303 e. The maximum Gasteiger partial charge on any atom is 0.303 e. The Morgan fingerprint density at radius 3 is 2.55 bits per heavy atom. The molecule has 110 valence electrons. The molecule has 0 aromatic heterocycles. The second kappa shape index (κ2) is 7.68. The minimum absolute atomic E-state index is 0.0181. The molecule has 2 N–H and O–H groups in total. The van der Waals surface area contributed by atoms with Gasteiger partial charge in [-0.2, -0.15) is 0 Å². The quantitative estimate of drug-likeness (QED) is 0.804. The molecule has 1 unspecified atom stereocenters. The van der Waals surface area contributed by atoms with Gasteiger partial charge in [0.05, 0.1) is 6.42 Å². The van der Waals surface area contributed by atoms with Crippen molar-refractivity contribution in [2.75, 3.05) is 6.54 Å². The summed E-state index contributed by atoms with van der Waals surface area (Å²) >= 11 is 0. The fourth-order valence-electron chi connectivity index (χ4n) is 1.92. The van der Waals surface area contributed by atoms with Crippen molar-refractivity contribution >= 4 is 11.9 Å². The molecule has 0 saturated carbocycles. The number of nitrogens with one attached hydrogen (secondary N) is 1. The summed E-state index contributed by atoms with van der Waals surface area (Å²) in [6, 6.07) is 6.02. The molecule has 0 aliphatic heterocycles. The highest BCUT2D eigenvalue weighted by atomic mass is 16.4. The van der Waals surface area contributed by atoms with E-state index in [0.717, 1.165) is 5.56 Å². The second-order valence-corrected chi connectivity index (χ2v) is 5.44. The number of hydrogen-bond donors (Lipinski definition) is 2. The van der Waals surface area contributed by atoms with Gasteiger partial charge in [0.25, 0.3) is 0 Å². The number of carboxylic acids is 1. The van der Waals surface area contributed by atoms with Crippen molar-refractivity contribution in [3.05, 3.63) is 34.9 Å². The topological polar surface area (TPSA) is 66.4 Å². The normalized spacial score (nSPS) is 11.9. The van der Waals surface area contributed by atoms with Crippen LogP contribution >= 0.6 is 0 Å². The van der Waals surface area contributed by atoms with Gasteiger partial charge in [0.1, 0.15) is 0 Å². The molecule has 0 saturated heterocycles. The molecule has 1 aromatic carbocycles. The molecule has 1 atom stereocenters. The van der Waals surface area contributed by atoms with Crippen molar-refractivity contribution in [3.8, 4) is 0 Å². The number of carbonyl (C=O) groups excluding carboxylic acids is 1. The van der Waals surface area contributed by atoms with Crippen LogP contribution in [0.1, 0.15) is 36.5 Å². The van der Waals surface area contributed by atoms with Gasteiger partial charge in [-0.3, -0.25) is 9.59 Å². The lowest BCUT2D eigenvalue weighted by atomic mass is 10.0. The molecule has 4 heteroatoms. The molecule has 0 fully saturated rings. The van der Waals surface area contributed by atoms with Crippen LogP contribution in [0.3, 0.4) is 0 Å². The first kappa shape index (κ1) is 16.2. The number of carbonyl (C=O) groups is 2. The van der Waals surface area contributed by atoms with E-state index in [1.807, 2.05) is 39.0 Å². The molecule has 0 spiro atoms. The number of benzene rings is 1. The first-order chi connectivity index (χ1) is 9.38. The first-order valence-corrected chi connectivity index (χ1v) is 6.93. The van der Waals surface area contributed by atoms with Crippen LogP contribution in [-0.4, -0.2) is 23.5 Å². The number of aryl methyl sites for hydroxylation is 2. The van der Waals surface area contributed by atoms with Gasteiger partial charge in [-0.05, 0) is 42.9 Å². The summed E-state index contributed by atoms with van der Waals surface area (Å²) in [5.74, 6) is -0.636. The lowest BCUT2D eigenvalue weighted by Crippen LogP contribution is -2.29. The van der Waals surface area contributed by atoms with Crippen LogP contribution in [0.4, 0.5) is 0 Å². The zero-order valence-corrected chi connectivity index (χ0v) is 12.4. The molecule has 20 heavy (non-hydrogen) atoms. The fraction of sp³-hybridized carbons (Fsp3) is 0.500. The SMILES string of the molecule is Cc1ccc(CC(=O)NCC(C)CCC(=O)O)cc1C. The van der Waals surface area contributed by atoms with Crippen LogP contribution in [0.25, 0.3) is 0 Å². The lowest BCUT2D eigenvalue weighted by Gasteiger charge is -2.12. The predicted octanol–water partition coefficient (Wildman–Crippen LogP) is 2.46. The minimum atomic E-state index is -0.793. The molecule has 1 aromatic rings. The van der Waals surface area contributed by atoms with Gasteiger partial charge < -0.3 is 10.4 Å². The summed E-state index contributed by atoms with van der Waals surface area (Å²) < 4.78 is 0. The molecule has 0 bridgehead atoms. The third-order valence-electron chi connectivity index (χ3n) is 3.43. The third-order valence-corrected chi connectivity index (χ3v) is 3.43. The largest absolute Gasteiger partial charge is 0.481 e. The zero-order chi connectivity index (χ0) is 15.1. The highest BCUT2D eigenvalue weighted by Gasteiger charge is 2.08. The van der Waals surface area contributed by atoms with E-state index in [1.165, 1.54) is 11.1 Å². The van der Waals surface area contributed by atoms with Gasteiger partial charge in [0.15, 0.2) is 0 Å². The van der Waals surface area contributed by atoms with Gasteiger partial charge >= 0.3 is 5.97 Å². The van der Waals surface area contributed by atoms with Crippen molar-refractivity contribution in [2.45, 2.75) is 40.0 Å². The van der Waals surface area contributed by atoms with Gasteiger partial charge in [-0.15, -0.1) is 0 Å². The first-order valence-electron chi connectivity index (χ1n) is 6.93. The van der Waals surface area contributed by atoms with E-state index in [4.69, 9.17) is 5.11 Å². The summed E-state index contributed by atoms with van der Waals surface area (Å²) in [5, 5.41) is 11.5. The lowest BCUT2D eigenvalue weighted by molar-refractivity contribution is -0.137. The molecule has 0 heterocycles. The number of aliphatic carboxylic acids is 1. The molecular formula is C16H23NO3. The van der Waals surface area contributed by atoms with Crippen LogP contribution < -0.4 is 5.32 Å². The van der Waals surface area contributed by atoms with E-state index in [1.54, 1.807) is 0 Å². The third kappa shape index (κ3) is 5.87. The molecule has 0 aliphatic rings. The monoisotopic (exact) mass is 277 g/mol. The Bertz CT molecular complexity index is 483. The molecule has 0 radical (unpaired) electrons. The van der Waals surface area contributed by atoms with Crippen LogP contribution in [-0.2, 0) is 16.0 Å². The van der Waals surface area contributed by atoms with E-state index < -0.39 is 5.97 Å². The van der Waals surface area contributed by atoms with E-state index in [-0.39, 0.29) is 18.2 Å². The van der Waals surface area contributed by atoms with Crippen LogP contribution in [0, 0.1) is 19.8 Å². The Kier molecular flexibility index (Phi) is 6.22. The van der Waals surface area contributed by atoms with E-state index in [2.05, 4.69) is 5.32 Å². The minimum Gasteiger partial charge on any atom is -0.481 e. The molecule has 0 aliphatic carbocycles. The zero-order valence-electron chi connectivity index (χ0n) is 12.4. The highest BCUT2D eigenvalue weighted by Crippen LogP contribution is 2.10. The van der Waals surface area contributed by atoms with Crippen LogP contribution in [0.5, 0.6) is 0 Å². The summed E-state index contributed by atoms with van der Waals surface area (Å²) in [4.78, 5) is 22.3. The number of carboxylic acid groups (broad SMARTS) is 1. The fourth-order valence-corrected chi connectivity index (χ4v) is 1.92. The van der Waals surface area contributed by atoms with E-state index >= 15 is 0 Å². The number of amides is 1. The highest BCUT2D eigenvalue weighted by molar-refractivity contribution is 5.78. The summed E-state index contributed by atoms with van der Waals surface area (Å²) in [7, 11) is 0. The van der Waals surface area contributed by atoms with Crippen molar-refractivity contribution < 1.29 is 14.7 Å².